The van der Waals surface area contributed by atoms with Crippen LogP contribution in [0.25, 0.3) is 0 Å². The highest BCUT2D eigenvalue weighted by atomic mass is 19.4. The van der Waals surface area contributed by atoms with E-state index in [2.05, 4.69) is 0 Å². The molecule has 1 rings (SSSR count). The second-order valence-corrected chi connectivity index (χ2v) is 5.06. The molecule has 19 heavy (non-hydrogen) atoms. The molecule has 0 spiro atoms. The van der Waals surface area contributed by atoms with E-state index in [1.165, 1.54) is 0 Å². The molecule has 8 heteroatoms. The summed E-state index contributed by atoms with van der Waals surface area (Å²) in [6.45, 7) is 5.63. The number of nitrogens with two attached hydrogens (primary N) is 1. The molecule has 0 radical (unpaired) electrons. The number of hydrogen-bond acceptors (Lipinski definition) is 3. The van der Waals surface area contributed by atoms with Gasteiger partial charge in [-0.15, -0.1) is 0 Å². The number of likely N-dealkylation sites (tertiary alicyclic amines) is 1. The molecule has 112 valence electrons. The van der Waals surface area contributed by atoms with E-state index in [4.69, 9.17) is 15.6 Å². The minimum atomic E-state index is -5.08. The first-order valence-corrected chi connectivity index (χ1v) is 5.80. The Morgan fingerprint density at radius 2 is 1.58 bits per heavy atom. The zero-order chi connectivity index (χ0) is 15.3. The molecule has 0 aromatic rings. The Balaban J connectivity index is 0.000000399. The fourth-order valence-corrected chi connectivity index (χ4v) is 1.47. The van der Waals surface area contributed by atoms with Crippen LogP contribution in [0.3, 0.4) is 0 Å². The number of halogens is 3. The van der Waals surface area contributed by atoms with Crippen LogP contribution in [-0.2, 0) is 9.59 Å². The summed E-state index contributed by atoms with van der Waals surface area (Å²) in [6.07, 6.45) is -2.32. The molecule has 1 amide bonds. The highest BCUT2D eigenvalue weighted by Crippen LogP contribution is 2.13. The van der Waals surface area contributed by atoms with Gasteiger partial charge >= 0.3 is 12.1 Å². The van der Waals surface area contributed by atoms with Crippen molar-refractivity contribution < 1.29 is 27.9 Å². The fraction of sp³-hybridized carbons (Fsp3) is 0.818. The average molecular weight is 284 g/mol. The molecule has 0 aromatic carbocycles. The van der Waals surface area contributed by atoms with Crippen LogP contribution in [0.5, 0.6) is 0 Å². The zero-order valence-electron chi connectivity index (χ0n) is 11.0. The van der Waals surface area contributed by atoms with E-state index >= 15 is 0 Å². The van der Waals surface area contributed by atoms with Crippen molar-refractivity contribution >= 4 is 11.9 Å². The molecule has 0 atom stereocenters. The van der Waals surface area contributed by atoms with Gasteiger partial charge in [-0.05, 0) is 26.7 Å². The van der Waals surface area contributed by atoms with Crippen molar-refractivity contribution in [1.29, 1.82) is 0 Å². The Morgan fingerprint density at radius 1 is 1.21 bits per heavy atom. The van der Waals surface area contributed by atoms with Gasteiger partial charge in [0.25, 0.3) is 0 Å². The summed E-state index contributed by atoms with van der Waals surface area (Å²) in [4.78, 5) is 22.3. The lowest BCUT2D eigenvalue weighted by molar-refractivity contribution is -0.192. The van der Waals surface area contributed by atoms with Crippen molar-refractivity contribution in [3.63, 3.8) is 0 Å². The van der Waals surface area contributed by atoms with E-state index in [1.807, 2.05) is 18.7 Å². The molecule has 0 aromatic heterocycles. The van der Waals surface area contributed by atoms with Gasteiger partial charge in [0.05, 0.1) is 0 Å². The Kier molecular flexibility index (Phi) is 6.28. The third-order valence-corrected chi connectivity index (χ3v) is 2.31. The summed E-state index contributed by atoms with van der Waals surface area (Å²) in [5, 5.41) is 7.12. The highest BCUT2D eigenvalue weighted by molar-refractivity contribution is 5.77. The Morgan fingerprint density at radius 3 is 1.84 bits per heavy atom. The van der Waals surface area contributed by atoms with Gasteiger partial charge in [-0.2, -0.15) is 13.2 Å². The minimum Gasteiger partial charge on any atom is -0.475 e. The summed E-state index contributed by atoms with van der Waals surface area (Å²) in [6, 6.07) is 0. The number of carboxylic acids is 1. The Bertz CT molecular complexity index is 318. The van der Waals surface area contributed by atoms with Crippen LogP contribution in [0.2, 0.25) is 0 Å². The summed E-state index contributed by atoms with van der Waals surface area (Å²) < 4.78 is 31.7. The van der Waals surface area contributed by atoms with Gasteiger partial charge in [-0.25, -0.2) is 4.79 Å². The second-order valence-electron chi connectivity index (χ2n) is 5.06. The molecule has 1 saturated heterocycles. The monoisotopic (exact) mass is 284 g/mol. The average Bonchev–Trinajstić information content (AvgIpc) is 2.66. The van der Waals surface area contributed by atoms with E-state index in [-0.39, 0.29) is 11.4 Å². The summed E-state index contributed by atoms with van der Waals surface area (Å²) in [7, 11) is 0. The van der Waals surface area contributed by atoms with Crippen LogP contribution in [0.1, 0.15) is 33.1 Å². The maximum absolute atomic E-state index is 11.5. The molecule has 1 aliphatic rings. The lowest BCUT2D eigenvalue weighted by Gasteiger charge is -2.22. The lowest BCUT2D eigenvalue weighted by atomic mass is 10.0. The summed E-state index contributed by atoms with van der Waals surface area (Å²) in [5.74, 6) is -2.55. The van der Waals surface area contributed by atoms with Crippen LogP contribution in [-0.4, -0.2) is 46.7 Å². The quantitative estimate of drug-likeness (QED) is 0.802. The molecule has 1 aliphatic heterocycles. The van der Waals surface area contributed by atoms with Crippen LogP contribution >= 0.6 is 0 Å². The first-order chi connectivity index (χ1) is 8.43. The maximum atomic E-state index is 11.5. The van der Waals surface area contributed by atoms with Crippen LogP contribution in [0.4, 0.5) is 13.2 Å². The lowest BCUT2D eigenvalue weighted by Crippen LogP contribution is -2.40. The van der Waals surface area contributed by atoms with E-state index < -0.39 is 12.1 Å². The maximum Gasteiger partial charge on any atom is 0.490 e. The highest BCUT2D eigenvalue weighted by Gasteiger charge is 2.38. The van der Waals surface area contributed by atoms with Gasteiger partial charge in [0.1, 0.15) is 0 Å². The van der Waals surface area contributed by atoms with Gasteiger partial charge < -0.3 is 15.7 Å². The Hall–Kier alpha value is -1.31. The Labute approximate surface area is 109 Å². The first kappa shape index (κ1) is 17.7. The van der Waals surface area contributed by atoms with Gasteiger partial charge in [0.15, 0.2) is 0 Å². The molecule has 0 unspecified atom stereocenters. The van der Waals surface area contributed by atoms with Crippen LogP contribution in [0, 0.1) is 0 Å². The first-order valence-electron chi connectivity index (χ1n) is 5.80. The van der Waals surface area contributed by atoms with Crippen molar-refractivity contribution in [3.8, 4) is 0 Å². The number of carbonyl (C=O) groups excluding carboxylic acids is 1. The number of nitrogens with zero attached hydrogens (tertiary/aromatic N) is 1. The third-order valence-electron chi connectivity index (χ3n) is 2.31. The number of rotatable bonds is 2. The molecule has 1 fully saturated rings. The summed E-state index contributed by atoms with van der Waals surface area (Å²) >= 11 is 0. The van der Waals surface area contributed by atoms with E-state index in [0.29, 0.717) is 6.42 Å². The molecule has 3 N–H and O–H groups in total. The van der Waals surface area contributed by atoms with Crippen molar-refractivity contribution in [2.24, 2.45) is 5.73 Å². The van der Waals surface area contributed by atoms with Crippen molar-refractivity contribution in [1.82, 2.24) is 4.90 Å². The molecular formula is C11H19F3N2O3. The van der Waals surface area contributed by atoms with E-state index in [0.717, 1.165) is 25.9 Å². The molecule has 0 bridgehead atoms. The smallest absolute Gasteiger partial charge is 0.475 e. The van der Waals surface area contributed by atoms with Crippen molar-refractivity contribution in [3.05, 3.63) is 0 Å². The fourth-order valence-electron chi connectivity index (χ4n) is 1.47. The molecule has 5 nitrogen and oxygen atoms in total. The number of alkyl halides is 3. The normalized spacial score (nSPS) is 15.8. The predicted molar refractivity (Wildman–Crippen MR) is 62.4 cm³/mol. The van der Waals surface area contributed by atoms with E-state index in [1.54, 1.807) is 0 Å². The molecule has 0 aliphatic carbocycles. The third kappa shape index (κ3) is 8.41. The molecule has 0 saturated carbocycles. The summed E-state index contributed by atoms with van der Waals surface area (Å²) in [5.41, 5.74) is 5.40. The van der Waals surface area contributed by atoms with Gasteiger partial charge in [-0.1, -0.05) is 0 Å². The second kappa shape index (κ2) is 6.74. The number of aliphatic carboxylic acids is 1. The van der Waals surface area contributed by atoms with Crippen LogP contribution < -0.4 is 5.73 Å². The topological polar surface area (TPSA) is 83.6 Å². The largest absolute Gasteiger partial charge is 0.490 e. The number of carbonyl (C=O) groups is 2. The predicted octanol–water partition coefficient (Wildman–Crippen LogP) is 1.37. The van der Waals surface area contributed by atoms with Crippen molar-refractivity contribution in [2.75, 3.05) is 13.1 Å². The van der Waals surface area contributed by atoms with E-state index in [9.17, 15) is 18.0 Å². The number of hydrogen-bond donors (Lipinski definition) is 2. The van der Waals surface area contributed by atoms with Gasteiger partial charge in [0, 0.05) is 25.0 Å². The minimum absolute atomic E-state index is 0.208. The standard InChI is InChI=1S/C9H18N2O.C2HF3O2/c1-9(2,10)7-8(12)11-5-3-4-6-11;3-2(4,5)1(6)7/h3-7,10H2,1-2H3;(H,6,7). The van der Waals surface area contributed by atoms with Gasteiger partial charge in [-0.3, -0.25) is 4.79 Å². The molecule has 1 heterocycles. The molecular weight excluding hydrogens is 265 g/mol. The number of carboxylic acid groups (broad SMARTS) is 1. The number of amides is 1. The van der Waals surface area contributed by atoms with Crippen LogP contribution in [0.15, 0.2) is 0 Å². The van der Waals surface area contributed by atoms with Gasteiger partial charge in [0.2, 0.25) is 5.91 Å². The SMILES string of the molecule is CC(C)(N)CC(=O)N1CCCC1.O=C(O)C(F)(F)F. The zero-order valence-corrected chi connectivity index (χ0v) is 11.0. The van der Waals surface area contributed by atoms with Crippen molar-refractivity contribution in [2.45, 2.75) is 44.8 Å².